The van der Waals surface area contributed by atoms with Crippen molar-refractivity contribution in [3.05, 3.63) is 28.8 Å². The predicted octanol–water partition coefficient (Wildman–Crippen LogP) is 2.51. The van der Waals surface area contributed by atoms with Crippen molar-refractivity contribution in [3.8, 4) is 0 Å². The Kier molecular flexibility index (Phi) is 2.75. The summed E-state index contributed by atoms with van der Waals surface area (Å²) in [5, 5.41) is -0.277. The van der Waals surface area contributed by atoms with E-state index in [1.807, 2.05) is 0 Å². The van der Waals surface area contributed by atoms with Gasteiger partial charge in [0.15, 0.2) is 0 Å². The second-order valence-corrected chi connectivity index (χ2v) is 4.23. The van der Waals surface area contributed by atoms with Crippen LogP contribution in [-0.4, -0.2) is 19.1 Å². The number of hydrogen-bond acceptors (Lipinski definition) is 2. The molecule has 1 aromatic carbocycles. The first-order chi connectivity index (χ1) is 7.38. The molecule has 88 valence electrons. The molecule has 0 atom stereocenters. The molecule has 0 saturated carbocycles. The Morgan fingerprint density at radius 1 is 1.31 bits per heavy atom. The Bertz CT molecular complexity index is 400. The molecule has 1 fully saturated rings. The summed E-state index contributed by atoms with van der Waals surface area (Å²) in [5.41, 5.74) is 5.28. The highest BCUT2D eigenvalue weighted by Crippen LogP contribution is 2.37. The first-order valence-corrected chi connectivity index (χ1v) is 5.13. The third kappa shape index (κ3) is 2.10. The average Bonchev–Trinajstić information content (AvgIpc) is 2.12. The second kappa shape index (κ2) is 3.82. The van der Waals surface area contributed by atoms with Crippen LogP contribution in [-0.2, 0) is 6.18 Å². The average molecular weight is 251 g/mol. The molecule has 2 N–H and O–H groups in total. The van der Waals surface area contributed by atoms with Gasteiger partial charge in [0.1, 0.15) is 0 Å². The monoisotopic (exact) mass is 250 g/mol. The van der Waals surface area contributed by atoms with Gasteiger partial charge in [0.2, 0.25) is 0 Å². The molecule has 1 saturated heterocycles. The Hall–Kier alpha value is -0.940. The first kappa shape index (κ1) is 11.5. The van der Waals surface area contributed by atoms with Gasteiger partial charge in [-0.2, -0.15) is 13.2 Å². The van der Waals surface area contributed by atoms with E-state index >= 15 is 0 Å². The summed E-state index contributed by atoms with van der Waals surface area (Å²) in [6.45, 7) is 1.16. The van der Waals surface area contributed by atoms with E-state index in [0.717, 1.165) is 6.07 Å². The van der Waals surface area contributed by atoms with Gasteiger partial charge in [-0.3, -0.25) is 0 Å². The zero-order chi connectivity index (χ0) is 11.9. The van der Waals surface area contributed by atoms with Gasteiger partial charge in [-0.25, -0.2) is 0 Å². The highest BCUT2D eigenvalue weighted by Gasteiger charge is 2.34. The molecule has 1 aromatic rings. The van der Waals surface area contributed by atoms with Gasteiger partial charge in [0.05, 0.1) is 10.6 Å². The Morgan fingerprint density at radius 2 is 1.94 bits per heavy atom. The van der Waals surface area contributed by atoms with Crippen molar-refractivity contribution in [2.45, 2.75) is 12.2 Å². The fraction of sp³-hybridized carbons (Fsp3) is 0.400. The minimum atomic E-state index is -4.42. The molecule has 0 radical (unpaired) electrons. The Morgan fingerprint density at radius 3 is 2.44 bits per heavy atom. The predicted molar refractivity (Wildman–Crippen MR) is 56.6 cm³/mol. The molecule has 0 aliphatic carbocycles. The van der Waals surface area contributed by atoms with Crippen LogP contribution in [0.4, 0.5) is 18.9 Å². The molecule has 0 unspecified atom stereocenters. The van der Waals surface area contributed by atoms with Crippen LogP contribution >= 0.6 is 11.6 Å². The maximum Gasteiger partial charge on any atom is 0.417 e. The second-order valence-electron chi connectivity index (χ2n) is 3.83. The van der Waals surface area contributed by atoms with Crippen molar-refractivity contribution >= 4 is 17.3 Å². The summed E-state index contributed by atoms with van der Waals surface area (Å²) in [5.74, 6) is 0. The molecular weight excluding hydrogens is 241 g/mol. The van der Waals surface area contributed by atoms with Crippen LogP contribution < -0.4 is 10.6 Å². The fourth-order valence-electron chi connectivity index (χ4n) is 1.65. The number of rotatable bonds is 1. The van der Waals surface area contributed by atoms with Gasteiger partial charge in [0.25, 0.3) is 0 Å². The normalized spacial score (nSPS) is 17.4. The maximum atomic E-state index is 12.6. The fourth-order valence-corrected chi connectivity index (χ4v) is 1.88. The number of alkyl halides is 3. The zero-order valence-corrected chi connectivity index (χ0v) is 9.02. The minimum absolute atomic E-state index is 0.0463. The largest absolute Gasteiger partial charge is 0.417 e. The Labute approximate surface area is 95.8 Å². The molecule has 1 aliphatic rings. The molecular formula is C10H10ClF3N2. The summed E-state index contributed by atoms with van der Waals surface area (Å²) in [6, 6.07) is 3.95. The van der Waals surface area contributed by atoms with E-state index < -0.39 is 11.7 Å². The summed E-state index contributed by atoms with van der Waals surface area (Å²) < 4.78 is 37.7. The lowest BCUT2D eigenvalue weighted by Gasteiger charge is -2.39. The van der Waals surface area contributed by atoms with Crippen LogP contribution in [0.15, 0.2) is 18.2 Å². The molecule has 0 aromatic heterocycles. The van der Waals surface area contributed by atoms with Crippen LogP contribution in [0.25, 0.3) is 0 Å². The summed E-state index contributed by atoms with van der Waals surface area (Å²) in [4.78, 5) is 1.79. The molecule has 16 heavy (non-hydrogen) atoms. The first-order valence-electron chi connectivity index (χ1n) is 4.75. The van der Waals surface area contributed by atoms with E-state index in [4.69, 9.17) is 17.3 Å². The summed E-state index contributed by atoms with van der Waals surface area (Å²) in [7, 11) is 0. The van der Waals surface area contributed by atoms with E-state index in [9.17, 15) is 13.2 Å². The third-order valence-electron chi connectivity index (χ3n) is 2.53. The van der Waals surface area contributed by atoms with Gasteiger partial charge >= 0.3 is 6.18 Å². The number of anilines is 1. The number of nitrogens with two attached hydrogens (primary N) is 1. The lowest BCUT2D eigenvalue weighted by Crippen LogP contribution is -2.55. The number of halogens is 4. The summed E-state index contributed by atoms with van der Waals surface area (Å²) in [6.07, 6.45) is -4.42. The van der Waals surface area contributed by atoms with Gasteiger partial charge in [-0.1, -0.05) is 11.6 Å². The molecule has 1 heterocycles. The molecule has 0 amide bonds. The lowest BCUT2D eigenvalue weighted by molar-refractivity contribution is -0.137. The van der Waals surface area contributed by atoms with Crippen molar-refractivity contribution in [3.63, 3.8) is 0 Å². The molecule has 1 aliphatic heterocycles. The minimum Gasteiger partial charge on any atom is -0.368 e. The molecule has 0 spiro atoms. The van der Waals surface area contributed by atoms with E-state index in [1.54, 1.807) is 11.0 Å². The van der Waals surface area contributed by atoms with Crippen molar-refractivity contribution in [2.24, 2.45) is 5.73 Å². The lowest BCUT2D eigenvalue weighted by atomic mass is 10.1. The van der Waals surface area contributed by atoms with E-state index in [1.165, 1.54) is 6.07 Å². The maximum absolute atomic E-state index is 12.6. The molecule has 2 rings (SSSR count). The Balaban J connectivity index is 2.29. The number of benzene rings is 1. The topological polar surface area (TPSA) is 29.3 Å². The molecule has 2 nitrogen and oxygen atoms in total. The van der Waals surface area contributed by atoms with Crippen LogP contribution in [0.2, 0.25) is 5.02 Å². The zero-order valence-electron chi connectivity index (χ0n) is 8.26. The van der Waals surface area contributed by atoms with Crippen molar-refractivity contribution in [1.82, 2.24) is 0 Å². The van der Waals surface area contributed by atoms with Gasteiger partial charge in [-0.05, 0) is 18.2 Å². The van der Waals surface area contributed by atoms with Crippen molar-refractivity contribution < 1.29 is 13.2 Å². The third-order valence-corrected chi connectivity index (χ3v) is 2.86. The summed E-state index contributed by atoms with van der Waals surface area (Å²) >= 11 is 5.51. The van der Waals surface area contributed by atoms with Crippen LogP contribution in [0.1, 0.15) is 5.56 Å². The SMILES string of the molecule is NC1CN(c2ccc(Cl)c(C(F)(F)F)c2)C1. The number of hydrogen-bond donors (Lipinski definition) is 1. The number of nitrogens with zero attached hydrogens (tertiary/aromatic N) is 1. The quantitative estimate of drug-likeness (QED) is 0.830. The van der Waals surface area contributed by atoms with E-state index in [-0.39, 0.29) is 11.1 Å². The molecule has 6 heteroatoms. The van der Waals surface area contributed by atoms with Crippen molar-refractivity contribution in [2.75, 3.05) is 18.0 Å². The van der Waals surface area contributed by atoms with Crippen LogP contribution in [0.3, 0.4) is 0 Å². The van der Waals surface area contributed by atoms with Crippen molar-refractivity contribution in [1.29, 1.82) is 0 Å². The smallest absolute Gasteiger partial charge is 0.368 e. The van der Waals surface area contributed by atoms with Gasteiger partial charge in [-0.15, -0.1) is 0 Å². The van der Waals surface area contributed by atoms with Gasteiger partial charge in [0, 0.05) is 24.8 Å². The highest BCUT2D eigenvalue weighted by molar-refractivity contribution is 6.31. The van der Waals surface area contributed by atoms with Gasteiger partial charge < -0.3 is 10.6 Å². The van der Waals surface area contributed by atoms with E-state index in [0.29, 0.717) is 18.8 Å². The van der Waals surface area contributed by atoms with Crippen LogP contribution in [0.5, 0.6) is 0 Å². The molecule has 0 bridgehead atoms. The highest BCUT2D eigenvalue weighted by atomic mass is 35.5. The standard InChI is InChI=1S/C10H10ClF3N2/c11-9-2-1-7(16-4-6(15)5-16)3-8(9)10(12,13)14/h1-3,6H,4-5,15H2. The van der Waals surface area contributed by atoms with E-state index in [2.05, 4.69) is 0 Å². The van der Waals surface area contributed by atoms with Crippen LogP contribution in [0, 0.1) is 0 Å².